The summed E-state index contributed by atoms with van der Waals surface area (Å²) < 4.78 is 4.15. The molecule has 1 aromatic carbocycles. The molecule has 1 aromatic rings. The second-order valence-corrected chi connectivity index (χ2v) is 7.13. The Hall–Kier alpha value is -1.31. The van der Waals surface area contributed by atoms with Gasteiger partial charge in [-0.1, -0.05) is 109 Å². The van der Waals surface area contributed by atoms with Crippen LogP contribution in [0, 0.1) is 11.8 Å². The molecule has 0 N–H and O–H groups in total. The van der Waals surface area contributed by atoms with Crippen molar-refractivity contribution < 1.29 is 9.53 Å². The van der Waals surface area contributed by atoms with E-state index in [1.54, 1.807) is 6.92 Å². The molecule has 0 heterocycles. The highest BCUT2D eigenvalue weighted by molar-refractivity contribution is 5.36. The standard InChI is InChI=1S/C13H26.C8H10.C3H6O2/c1-3-8-12(9-4-2)13-10-6-5-7-11-13;1-2-8-6-4-3-5-7-8;1-2-5-3-4/h12-13H,3-11H2,1-2H3;3-7H,2H2,1H3;3H,2H2,1H3. The molecule has 0 atom stereocenters. The molecule has 2 rings (SSSR count). The van der Waals surface area contributed by atoms with Gasteiger partial charge in [-0.3, -0.25) is 4.79 Å². The van der Waals surface area contributed by atoms with Crippen molar-refractivity contribution in [2.45, 2.75) is 91.9 Å². The summed E-state index contributed by atoms with van der Waals surface area (Å²) >= 11 is 0. The fourth-order valence-electron chi connectivity index (χ4n) is 3.74. The van der Waals surface area contributed by atoms with Crippen LogP contribution in [0.2, 0.25) is 0 Å². The maximum atomic E-state index is 9.18. The fourth-order valence-corrected chi connectivity index (χ4v) is 3.74. The van der Waals surface area contributed by atoms with Gasteiger partial charge in [0.25, 0.3) is 6.47 Å². The number of carbonyl (C=O) groups excluding carboxylic acids is 1. The molecular weight excluding hydrogens is 320 g/mol. The first kappa shape index (κ1) is 24.7. The first-order chi connectivity index (χ1) is 12.7. The molecule has 0 spiro atoms. The lowest BCUT2D eigenvalue weighted by atomic mass is 9.76. The number of hydrogen-bond acceptors (Lipinski definition) is 2. The normalized spacial score (nSPS) is 13.9. The third kappa shape index (κ3) is 13.0. The Morgan fingerprint density at radius 2 is 1.54 bits per heavy atom. The topological polar surface area (TPSA) is 26.3 Å². The summed E-state index contributed by atoms with van der Waals surface area (Å²) in [5.74, 6) is 2.16. The highest BCUT2D eigenvalue weighted by Gasteiger charge is 2.21. The first-order valence-electron chi connectivity index (χ1n) is 10.8. The van der Waals surface area contributed by atoms with E-state index in [1.165, 1.54) is 63.4 Å². The average molecular weight is 363 g/mol. The molecule has 2 heteroatoms. The Labute approximate surface area is 162 Å². The lowest BCUT2D eigenvalue weighted by Crippen LogP contribution is -2.17. The molecule has 0 aromatic heterocycles. The van der Waals surface area contributed by atoms with Crippen LogP contribution in [0.15, 0.2) is 30.3 Å². The van der Waals surface area contributed by atoms with Crippen LogP contribution in [0.3, 0.4) is 0 Å². The van der Waals surface area contributed by atoms with E-state index in [0.717, 1.165) is 18.3 Å². The summed E-state index contributed by atoms with van der Waals surface area (Å²) in [5, 5.41) is 0. The van der Waals surface area contributed by atoms with Crippen molar-refractivity contribution in [2.24, 2.45) is 11.8 Å². The van der Waals surface area contributed by atoms with Crippen molar-refractivity contribution in [2.75, 3.05) is 6.61 Å². The van der Waals surface area contributed by atoms with Gasteiger partial charge in [0.2, 0.25) is 0 Å². The molecule has 1 saturated carbocycles. The van der Waals surface area contributed by atoms with Gasteiger partial charge in [0.05, 0.1) is 6.61 Å². The Bertz CT molecular complexity index is 390. The van der Waals surface area contributed by atoms with E-state index in [0.29, 0.717) is 13.1 Å². The molecule has 2 nitrogen and oxygen atoms in total. The van der Waals surface area contributed by atoms with Gasteiger partial charge in [0.15, 0.2) is 0 Å². The summed E-state index contributed by atoms with van der Waals surface area (Å²) in [7, 11) is 0. The minimum absolute atomic E-state index is 0.431. The van der Waals surface area contributed by atoms with Crippen LogP contribution >= 0.6 is 0 Å². The number of rotatable bonds is 8. The second-order valence-electron chi connectivity index (χ2n) is 7.13. The molecule has 1 aliphatic carbocycles. The third-order valence-corrected chi connectivity index (χ3v) is 5.12. The van der Waals surface area contributed by atoms with Crippen LogP contribution in [0.4, 0.5) is 0 Å². The van der Waals surface area contributed by atoms with E-state index in [-0.39, 0.29) is 0 Å². The second kappa shape index (κ2) is 18.5. The van der Waals surface area contributed by atoms with Crippen LogP contribution in [0.1, 0.15) is 91.0 Å². The Morgan fingerprint density at radius 3 is 1.88 bits per heavy atom. The van der Waals surface area contributed by atoms with E-state index in [9.17, 15) is 4.79 Å². The van der Waals surface area contributed by atoms with Crippen molar-refractivity contribution in [3.63, 3.8) is 0 Å². The number of benzene rings is 1. The molecule has 1 fully saturated rings. The van der Waals surface area contributed by atoms with Gasteiger partial charge in [0.1, 0.15) is 0 Å². The number of aryl methyl sites for hydroxylation is 1. The van der Waals surface area contributed by atoms with E-state index in [1.807, 2.05) is 6.07 Å². The third-order valence-electron chi connectivity index (χ3n) is 5.12. The monoisotopic (exact) mass is 362 g/mol. The van der Waals surface area contributed by atoms with E-state index < -0.39 is 0 Å². The minimum Gasteiger partial charge on any atom is -0.468 e. The van der Waals surface area contributed by atoms with Crippen molar-refractivity contribution in [1.82, 2.24) is 0 Å². The lowest BCUT2D eigenvalue weighted by molar-refractivity contribution is -0.128. The predicted octanol–water partition coefficient (Wildman–Crippen LogP) is 7.21. The molecule has 0 bridgehead atoms. The molecule has 0 aliphatic heterocycles. The fraction of sp³-hybridized carbons (Fsp3) is 0.708. The highest BCUT2D eigenvalue weighted by Crippen LogP contribution is 2.34. The molecular formula is C24H42O2. The van der Waals surface area contributed by atoms with Crippen LogP contribution < -0.4 is 0 Å². The minimum atomic E-state index is 0.431. The molecule has 1 aliphatic rings. The summed E-state index contributed by atoms with van der Waals surface area (Å²) in [6.07, 6.45) is 14.5. The Kier molecular flexibility index (Phi) is 17.5. The summed E-state index contributed by atoms with van der Waals surface area (Å²) in [6.45, 7) is 9.50. The van der Waals surface area contributed by atoms with Gasteiger partial charge in [-0.2, -0.15) is 0 Å². The predicted molar refractivity (Wildman–Crippen MR) is 113 cm³/mol. The SMILES string of the molecule is CCCC(CCC)C1CCCCC1.CCOC=O.CCc1ccccc1. The largest absolute Gasteiger partial charge is 0.468 e. The zero-order valence-electron chi connectivity index (χ0n) is 17.7. The zero-order chi connectivity index (χ0) is 19.5. The quantitative estimate of drug-likeness (QED) is 0.457. The van der Waals surface area contributed by atoms with Gasteiger partial charge in [0, 0.05) is 0 Å². The van der Waals surface area contributed by atoms with Crippen molar-refractivity contribution in [3.05, 3.63) is 35.9 Å². The van der Waals surface area contributed by atoms with Crippen molar-refractivity contribution in [3.8, 4) is 0 Å². The maximum Gasteiger partial charge on any atom is 0.293 e. The van der Waals surface area contributed by atoms with Gasteiger partial charge in [-0.15, -0.1) is 0 Å². The van der Waals surface area contributed by atoms with Crippen LogP contribution in [-0.2, 0) is 16.0 Å². The average Bonchev–Trinajstić information content (AvgIpc) is 2.71. The first-order valence-corrected chi connectivity index (χ1v) is 10.8. The summed E-state index contributed by atoms with van der Waals surface area (Å²) in [4.78, 5) is 9.18. The van der Waals surface area contributed by atoms with E-state index in [4.69, 9.17) is 0 Å². The van der Waals surface area contributed by atoms with Gasteiger partial charge in [-0.25, -0.2) is 0 Å². The van der Waals surface area contributed by atoms with Gasteiger partial charge >= 0.3 is 0 Å². The zero-order valence-corrected chi connectivity index (χ0v) is 17.7. The Balaban J connectivity index is 0.000000409. The Morgan fingerprint density at radius 1 is 0.962 bits per heavy atom. The molecule has 0 radical (unpaired) electrons. The number of ether oxygens (including phenoxy) is 1. The lowest BCUT2D eigenvalue weighted by Gasteiger charge is -2.30. The van der Waals surface area contributed by atoms with Gasteiger partial charge < -0.3 is 4.74 Å². The summed E-state index contributed by atoms with van der Waals surface area (Å²) in [5.41, 5.74) is 1.41. The van der Waals surface area contributed by atoms with E-state index >= 15 is 0 Å². The summed E-state index contributed by atoms with van der Waals surface area (Å²) in [6, 6.07) is 10.5. The molecule has 0 saturated heterocycles. The molecule has 26 heavy (non-hydrogen) atoms. The van der Waals surface area contributed by atoms with Crippen LogP contribution in [0.25, 0.3) is 0 Å². The van der Waals surface area contributed by atoms with Crippen LogP contribution in [0.5, 0.6) is 0 Å². The smallest absolute Gasteiger partial charge is 0.293 e. The van der Waals surface area contributed by atoms with Gasteiger partial charge in [-0.05, 0) is 30.7 Å². The number of hydrogen-bond donors (Lipinski definition) is 0. The molecule has 0 unspecified atom stereocenters. The maximum absolute atomic E-state index is 9.18. The van der Waals surface area contributed by atoms with E-state index in [2.05, 4.69) is 49.8 Å². The highest BCUT2D eigenvalue weighted by atomic mass is 16.5. The van der Waals surface area contributed by atoms with Crippen molar-refractivity contribution in [1.29, 1.82) is 0 Å². The van der Waals surface area contributed by atoms with Crippen molar-refractivity contribution >= 4 is 6.47 Å². The molecule has 150 valence electrons. The van der Waals surface area contributed by atoms with Crippen LogP contribution in [-0.4, -0.2) is 13.1 Å². The molecule has 0 amide bonds. The number of carbonyl (C=O) groups is 1.